The van der Waals surface area contributed by atoms with Crippen LogP contribution in [0.3, 0.4) is 0 Å². The predicted molar refractivity (Wildman–Crippen MR) is 88.8 cm³/mol. The van der Waals surface area contributed by atoms with Gasteiger partial charge in [-0.05, 0) is 43.4 Å². The molecule has 0 radical (unpaired) electrons. The molecule has 3 rings (SSSR count). The third kappa shape index (κ3) is 3.89. The zero-order valence-corrected chi connectivity index (χ0v) is 13.9. The standard InChI is InChI=1S/C17H21N3O5/c21-16(18-9-1-2-10-18)15-4-3-11-19(15)17(22)25-12-13-5-7-14(8-6-13)20(23)24/h5-8,15H,1-4,9-12H2. The monoisotopic (exact) mass is 347 g/mol. The molecule has 0 saturated carbocycles. The highest BCUT2D eigenvalue weighted by Crippen LogP contribution is 2.23. The normalized spacial score (nSPS) is 19.9. The second-order valence-electron chi connectivity index (χ2n) is 6.36. The molecular weight excluding hydrogens is 326 g/mol. The number of carbonyl (C=O) groups excluding carboxylic acids is 2. The average molecular weight is 347 g/mol. The van der Waals surface area contributed by atoms with E-state index in [4.69, 9.17) is 4.74 Å². The van der Waals surface area contributed by atoms with E-state index in [1.807, 2.05) is 4.90 Å². The molecule has 1 aromatic rings. The summed E-state index contributed by atoms with van der Waals surface area (Å²) in [5, 5.41) is 10.6. The molecule has 2 amide bonds. The fourth-order valence-corrected chi connectivity index (χ4v) is 3.33. The Kier molecular flexibility index (Phi) is 5.16. The summed E-state index contributed by atoms with van der Waals surface area (Å²) in [6.07, 6.45) is 2.98. The van der Waals surface area contributed by atoms with Gasteiger partial charge in [-0.3, -0.25) is 19.8 Å². The lowest BCUT2D eigenvalue weighted by molar-refractivity contribution is -0.384. The Morgan fingerprint density at radius 2 is 1.80 bits per heavy atom. The highest BCUT2D eigenvalue weighted by Gasteiger charge is 2.38. The van der Waals surface area contributed by atoms with Gasteiger partial charge >= 0.3 is 6.09 Å². The Hall–Kier alpha value is -2.64. The first kappa shape index (κ1) is 17.2. The third-order valence-electron chi connectivity index (χ3n) is 4.70. The van der Waals surface area contributed by atoms with E-state index in [2.05, 4.69) is 0 Å². The number of amides is 2. The molecule has 2 aliphatic heterocycles. The molecule has 0 aliphatic carbocycles. The Morgan fingerprint density at radius 3 is 2.44 bits per heavy atom. The van der Waals surface area contributed by atoms with Crippen LogP contribution in [0.15, 0.2) is 24.3 Å². The number of non-ortho nitro benzene ring substituents is 1. The number of hydrogen-bond acceptors (Lipinski definition) is 5. The average Bonchev–Trinajstić information content (AvgIpc) is 3.30. The smallest absolute Gasteiger partial charge is 0.410 e. The molecule has 0 N–H and O–H groups in total. The molecule has 2 fully saturated rings. The van der Waals surface area contributed by atoms with Crippen LogP contribution in [0, 0.1) is 10.1 Å². The van der Waals surface area contributed by atoms with Gasteiger partial charge in [0.05, 0.1) is 4.92 Å². The van der Waals surface area contributed by atoms with Crippen molar-refractivity contribution in [3.05, 3.63) is 39.9 Å². The van der Waals surface area contributed by atoms with Gasteiger partial charge in [-0.1, -0.05) is 0 Å². The van der Waals surface area contributed by atoms with Crippen LogP contribution in [-0.2, 0) is 16.1 Å². The maximum Gasteiger partial charge on any atom is 0.410 e. The SMILES string of the molecule is O=C(C1CCCN1C(=O)OCc1ccc([N+](=O)[O-])cc1)N1CCCC1. The van der Waals surface area contributed by atoms with E-state index in [0.29, 0.717) is 18.5 Å². The Bertz CT molecular complexity index is 655. The number of ether oxygens (including phenoxy) is 1. The molecular formula is C17H21N3O5. The lowest BCUT2D eigenvalue weighted by Crippen LogP contribution is -2.47. The highest BCUT2D eigenvalue weighted by molar-refractivity contribution is 5.86. The molecule has 8 heteroatoms. The lowest BCUT2D eigenvalue weighted by atomic mass is 10.2. The molecule has 1 atom stereocenters. The second kappa shape index (κ2) is 7.50. The molecule has 1 unspecified atom stereocenters. The Labute approximate surface area is 145 Å². The van der Waals surface area contributed by atoms with Crippen molar-refractivity contribution in [2.75, 3.05) is 19.6 Å². The molecule has 8 nitrogen and oxygen atoms in total. The number of nitro benzene ring substituents is 1. The van der Waals surface area contributed by atoms with Gasteiger partial charge in [0.1, 0.15) is 12.6 Å². The number of rotatable bonds is 4. The van der Waals surface area contributed by atoms with E-state index in [0.717, 1.165) is 32.4 Å². The second-order valence-corrected chi connectivity index (χ2v) is 6.36. The molecule has 0 spiro atoms. The van der Waals surface area contributed by atoms with Crippen LogP contribution in [0.5, 0.6) is 0 Å². The first-order valence-corrected chi connectivity index (χ1v) is 8.52. The third-order valence-corrected chi connectivity index (χ3v) is 4.70. The predicted octanol–water partition coefficient (Wildman–Crippen LogP) is 2.32. The van der Waals surface area contributed by atoms with Crippen molar-refractivity contribution in [1.82, 2.24) is 9.80 Å². The van der Waals surface area contributed by atoms with Crippen molar-refractivity contribution >= 4 is 17.7 Å². The minimum Gasteiger partial charge on any atom is -0.445 e. The summed E-state index contributed by atoms with van der Waals surface area (Å²) in [6, 6.07) is 5.43. The summed E-state index contributed by atoms with van der Waals surface area (Å²) in [6.45, 7) is 2.07. The van der Waals surface area contributed by atoms with Crippen molar-refractivity contribution in [1.29, 1.82) is 0 Å². The van der Waals surface area contributed by atoms with Gasteiger partial charge in [-0.2, -0.15) is 0 Å². The van der Waals surface area contributed by atoms with Crippen LogP contribution < -0.4 is 0 Å². The van der Waals surface area contributed by atoms with Gasteiger partial charge in [0, 0.05) is 31.8 Å². The van der Waals surface area contributed by atoms with Crippen LogP contribution in [0.25, 0.3) is 0 Å². The van der Waals surface area contributed by atoms with Crippen LogP contribution >= 0.6 is 0 Å². The van der Waals surface area contributed by atoms with Gasteiger partial charge in [0.25, 0.3) is 5.69 Å². The molecule has 25 heavy (non-hydrogen) atoms. The van der Waals surface area contributed by atoms with Crippen LogP contribution in [0.2, 0.25) is 0 Å². The first-order chi connectivity index (χ1) is 12.1. The van der Waals surface area contributed by atoms with Gasteiger partial charge < -0.3 is 9.64 Å². The highest BCUT2D eigenvalue weighted by atomic mass is 16.6. The summed E-state index contributed by atoms with van der Waals surface area (Å²) < 4.78 is 5.30. The molecule has 2 saturated heterocycles. The largest absolute Gasteiger partial charge is 0.445 e. The molecule has 0 aromatic heterocycles. The number of likely N-dealkylation sites (tertiary alicyclic amines) is 2. The van der Waals surface area contributed by atoms with Gasteiger partial charge in [-0.25, -0.2) is 4.79 Å². The molecule has 0 bridgehead atoms. The fraction of sp³-hybridized carbons (Fsp3) is 0.529. The Balaban J connectivity index is 1.56. The van der Waals surface area contributed by atoms with Crippen molar-refractivity contribution in [3.63, 3.8) is 0 Å². The van der Waals surface area contributed by atoms with E-state index >= 15 is 0 Å². The van der Waals surface area contributed by atoms with Crippen molar-refractivity contribution in [2.45, 2.75) is 38.3 Å². The summed E-state index contributed by atoms with van der Waals surface area (Å²) in [7, 11) is 0. The number of carbonyl (C=O) groups is 2. The van der Waals surface area contributed by atoms with E-state index in [-0.39, 0.29) is 18.2 Å². The van der Waals surface area contributed by atoms with Crippen molar-refractivity contribution in [2.24, 2.45) is 0 Å². The quantitative estimate of drug-likeness (QED) is 0.615. The molecule has 134 valence electrons. The van der Waals surface area contributed by atoms with E-state index < -0.39 is 17.1 Å². The van der Waals surface area contributed by atoms with E-state index in [1.54, 1.807) is 12.1 Å². The van der Waals surface area contributed by atoms with Crippen LogP contribution in [-0.4, -0.2) is 52.4 Å². The molecule has 2 aliphatic rings. The number of nitrogens with zero attached hydrogens (tertiary/aromatic N) is 3. The molecule has 2 heterocycles. The van der Waals surface area contributed by atoms with Crippen molar-refractivity contribution < 1.29 is 19.2 Å². The first-order valence-electron chi connectivity index (χ1n) is 8.52. The number of hydrogen-bond donors (Lipinski definition) is 0. The van der Waals surface area contributed by atoms with Crippen LogP contribution in [0.4, 0.5) is 10.5 Å². The fourth-order valence-electron chi connectivity index (χ4n) is 3.33. The molecule has 1 aromatic carbocycles. The maximum atomic E-state index is 12.6. The maximum absolute atomic E-state index is 12.6. The van der Waals surface area contributed by atoms with Gasteiger partial charge in [0.15, 0.2) is 0 Å². The van der Waals surface area contributed by atoms with Gasteiger partial charge in [-0.15, -0.1) is 0 Å². The summed E-state index contributed by atoms with van der Waals surface area (Å²) >= 11 is 0. The zero-order chi connectivity index (χ0) is 17.8. The summed E-state index contributed by atoms with van der Waals surface area (Å²) in [4.78, 5) is 38.4. The van der Waals surface area contributed by atoms with E-state index in [9.17, 15) is 19.7 Å². The number of nitro groups is 1. The van der Waals surface area contributed by atoms with Gasteiger partial charge in [0.2, 0.25) is 5.91 Å². The summed E-state index contributed by atoms with van der Waals surface area (Å²) in [5.74, 6) is 0.0160. The minimum atomic E-state index is -0.506. The van der Waals surface area contributed by atoms with Crippen molar-refractivity contribution in [3.8, 4) is 0 Å². The summed E-state index contributed by atoms with van der Waals surface area (Å²) in [5.41, 5.74) is 0.659. The zero-order valence-electron chi connectivity index (χ0n) is 13.9. The lowest BCUT2D eigenvalue weighted by Gasteiger charge is -2.27. The van der Waals surface area contributed by atoms with E-state index in [1.165, 1.54) is 17.0 Å². The number of benzene rings is 1. The van der Waals surface area contributed by atoms with Crippen LogP contribution in [0.1, 0.15) is 31.2 Å². The minimum absolute atomic E-state index is 0.00843. The topological polar surface area (TPSA) is 93.0 Å². The Morgan fingerprint density at radius 1 is 1.12 bits per heavy atom.